The van der Waals surface area contributed by atoms with Crippen molar-refractivity contribution in [2.24, 2.45) is 0 Å². The second-order valence-corrected chi connectivity index (χ2v) is 7.54. The fourth-order valence-corrected chi connectivity index (χ4v) is 3.88. The quantitative estimate of drug-likeness (QED) is 0.717. The summed E-state index contributed by atoms with van der Waals surface area (Å²) in [6.07, 6.45) is 0. The van der Waals surface area contributed by atoms with E-state index < -0.39 is 0 Å². The van der Waals surface area contributed by atoms with Gasteiger partial charge >= 0.3 is 0 Å². The number of carbonyl (C=O) groups excluding carboxylic acids is 1. The van der Waals surface area contributed by atoms with E-state index in [-0.39, 0.29) is 17.2 Å². The van der Waals surface area contributed by atoms with E-state index in [1.54, 1.807) is 6.92 Å². The second kappa shape index (κ2) is 6.70. The number of nitrogens with one attached hydrogen (secondary N) is 1. The van der Waals surface area contributed by atoms with Gasteiger partial charge in [-0.15, -0.1) is 15.3 Å². The number of amides is 1. The van der Waals surface area contributed by atoms with Crippen molar-refractivity contribution in [1.29, 1.82) is 0 Å². The van der Waals surface area contributed by atoms with Crippen LogP contribution in [-0.4, -0.2) is 31.5 Å². The summed E-state index contributed by atoms with van der Waals surface area (Å²) in [5, 5.41) is 14.8. The number of thioether (sulfide) groups is 1. The molecule has 1 N–H and O–H groups in total. The first-order chi connectivity index (χ1) is 11.4. The molecule has 0 saturated heterocycles. The summed E-state index contributed by atoms with van der Waals surface area (Å²) in [7, 11) is 0. The molecule has 0 unspecified atom stereocenters. The zero-order valence-corrected chi connectivity index (χ0v) is 15.0. The van der Waals surface area contributed by atoms with Crippen LogP contribution in [0.25, 0.3) is 4.96 Å². The summed E-state index contributed by atoms with van der Waals surface area (Å²) in [5.41, 5.74) is 2.97. The van der Waals surface area contributed by atoms with Crippen molar-refractivity contribution in [2.45, 2.75) is 25.1 Å². The van der Waals surface area contributed by atoms with Gasteiger partial charge in [0, 0.05) is 5.69 Å². The highest BCUT2D eigenvalue weighted by molar-refractivity contribution is 8.01. The van der Waals surface area contributed by atoms with Crippen molar-refractivity contribution >= 4 is 39.7 Å². The Hall–Kier alpha value is -2.26. The first kappa shape index (κ1) is 16.6. The highest BCUT2D eigenvalue weighted by Crippen LogP contribution is 2.23. The molecule has 124 valence electrons. The van der Waals surface area contributed by atoms with Crippen molar-refractivity contribution in [3.63, 3.8) is 0 Å². The average molecular weight is 361 g/mol. The van der Waals surface area contributed by atoms with Gasteiger partial charge in [0.1, 0.15) is 5.69 Å². The van der Waals surface area contributed by atoms with Crippen LogP contribution in [0.15, 0.2) is 27.3 Å². The molecule has 0 aliphatic heterocycles. The molecule has 9 heteroatoms. The van der Waals surface area contributed by atoms with Gasteiger partial charge in [-0.25, -0.2) is 0 Å². The SMILES string of the molecule is Cc1cc(C)cc(NC(=O)CSc2nn3c(=O)c(C)nnc3s2)c1. The number of rotatable bonds is 4. The van der Waals surface area contributed by atoms with E-state index in [1.807, 2.05) is 32.0 Å². The zero-order valence-electron chi connectivity index (χ0n) is 13.4. The molecule has 0 spiro atoms. The fourth-order valence-electron chi connectivity index (χ4n) is 2.20. The molecule has 0 aliphatic rings. The van der Waals surface area contributed by atoms with Gasteiger partial charge in [0.05, 0.1) is 5.75 Å². The Morgan fingerprint density at radius 1 is 1.21 bits per heavy atom. The number of fused-ring (bicyclic) bond motifs is 1. The maximum atomic E-state index is 12.1. The van der Waals surface area contributed by atoms with Gasteiger partial charge in [0.15, 0.2) is 4.34 Å². The van der Waals surface area contributed by atoms with E-state index in [9.17, 15) is 9.59 Å². The Kier molecular flexibility index (Phi) is 4.63. The molecule has 2 heterocycles. The summed E-state index contributed by atoms with van der Waals surface area (Å²) in [5.74, 6) is 0.0763. The number of anilines is 1. The van der Waals surface area contributed by atoms with Gasteiger partial charge in [-0.3, -0.25) is 9.59 Å². The minimum Gasteiger partial charge on any atom is -0.325 e. The number of hydrogen-bond donors (Lipinski definition) is 1. The molecule has 0 saturated carbocycles. The molecule has 1 aromatic carbocycles. The molecule has 0 aliphatic carbocycles. The Morgan fingerprint density at radius 3 is 2.62 bits per heavy atom. The zero-order chi connectivity index (χ0) is 17.3. The highest BCUT2D eigenvalue weighted by Gasteiger charge is 2.12. The summed E-state index contributed by atoms with van der Waals surface area (Å²) < 4.78 is 1.82. The monoisotopic (exact) mass is 361 g/mol. The third-order valence-electron chi connectivity index (χ3n) is 3.16. The van der Waals surface area contributed by atoms with Crippen LogP contribution in [0.4, 0.5) is 5.69 Å². The third-order valence-corrected chi connectivity index (χ3v) is 5.19. The average Bonchev–Trinajstić information content (AvgIpc) is 2.92. The number of nitrogens with zero attached hydrogens (tertiary/aromatic N) is 4. The van der Waals surface area contributed by atoms with Crippen molar-refractivity contribution in [3.05, 3.63) is 45.4 Å². The molecule has 7 nitrogen and oxygen atoms in total. The van der Waals surface area contributed by atoms with E-state index in [0.29, 0.717) is 15.0 Å². The number of hydrogen-bond acceptors (Lipinski definition) is 7. The minimum atomic E-state index is -0.289. The Labute approximate surface area is 146 Å². The van der Waals surface area contributed by atoms with Gasteiger partial charge < -0.3 is 5.32 Å². The smallest absolute Gasteiger partial charge is 0.296 e. The van der Waals surface area contributed by atoms with E-state index in [2.05, 4.69) is 20.6 Å². The van der Waals surface area contributed by atoms with Gasteiger partial charge in [0.25, 0.3) is 5.56 Å². The lowest BCUT2D eigenvalue weighted by Crippen LogP contribution is -2.19. The molecular formula is C15H15N5O2S2. The number of aryl methyl sites for hydroxylation is 3. The van der Waals surface area contributed by atoms with Crippen molar-refractivity contribution in [3.8, 4) is 0 Å². The van der Waals surface area contributed by atoms with Crippen LogP contribution < -0.4 is 10.9 Å². The summed E-state index contributed by atoms with van der Waals surface area (Å²) in [6, 6.07) is 5.89. The van der Waals surface area contributed by atoms with Gasteiger partial charge in [-0.1, -0.05) is 29.2 Å². The summed E-state index contributed by atoms with van der Waals surface area (Å²) >= 11 is 2.50. The number of carbonyl (C=O) groups is 1. The highest BCUT2D eigenvalue weighted by atomic mass is 32.2. The van der Waals surface area contributed by atoms with E-state index in [1.165, 1.54) is 27.6 Å². The Balaban J connectivity index is 1.68. The number of benzene rings is 1. The lowest BCUT2D eigenvalue weighted by atomic mass is 10.1. The molecule has 2 aromatic heterocycles. The summed E-state index contributed by atoms with van der Waals surface area (Å²) in [6.45, 7) is 5.56. The van der Waals surface area contributed by atoms with Gasteiger partial charge in [-0.05, 0) is 44.0 Å². The maximum Gasteiger partial charge on any atom is 0.296 e. The maximum absolute atomic E-state index is 12.1. The summed E-state index contributed by atoms with van der Waals surface area (Å²) in [4.78, 5) is 24.4. The predicted octanol–water partition coefficient (Wildman–Crippen LogP) is 2.20. The topological polar surface area (TPSA) is 89.3 Å². The molecule has 0 bridgehead atoms. The van der Waals surface area contributed by atoms with Gasteiger partial charge in [0.2, 0.25) is 10.9 Å². The number of aromatic nitrogens is 4. The third kappa shape index (κ3) is 3.62. The van der Waals surface area contributed by atoms with E-state index in [0.717, 1.165) is 16.8 Å². The normalized spacial score (nSPS) is 11.0. The molecule has 0 fully saturated rings. The van der Waals surface area contributed by atoms with Crippen LogP contribution in [-0.2, 0) is 4.79 Å². The first-order valence-electron chi connectivity index (χ1n) is 7.16. The van der Waals surface area contributed by atoms with Crippen LogP contribution in [0.2, 0.25) is 0 Å². The van der Waals surface area contributed by atoms with Crippen molar-refractivity contribution in [2.75, 3.05) is 11.1 Å². The van der Waals surface area contributed by atoms with E-state index >= 15 is 0 Å². The van der Waals surface area contributed by atoms with Crippen LogP contribution in [0.1, 0.15) is 16.8 Å². The van der Waals surface area contributed by atoms with E-state index in [4.69, 9.17) is 0 Å². The van der Waals surface area contributed by atoms with Gasteiger partial charge in [-0.2, -0.15) is 4.52 Å². The van der Waals surface area contributed by atoms with Crippen LogP contribution in [0.5, 0.6) is 0 Å². The van der Waals surface area contributed by atoms with Crippen molar-refractivity contribution in [1.82, 2.24) is 19.8 Å². The standard InChI is InChI=1S/C15H15N5O2S2/c1-8-4-9(2)6-11(5-8)16-12(21)7-23-15-19-20-13(22)10(3)17-18-14(20)24-15/h4-6H,7H2,1-3H3,(H,16,21). The Bertz CT molecular complexity index is 959. The lowest BCUT2D eigenvalue weighted by molar-refractivity contribution is -0.113. The molecular weight excluding hydrogens is 346 g/mol. The molecule has 0 atom stereocenters. The van der Waals surface area contributed by atoms with Crippen molar-refractivity contribution < 1.29 is 4.79 Å². The fraction of sp³-hybridized carbons (Fsp3) is 0.267. The molecule has 3 rings (SSSR count). The van der Waals surface area contributed by atoms with Crippen LogP contribution in [0.3, 0.4) is 0 Å². The first-order valence-corrected chi connectivity index (χ1v) is 8.97. The predicted molar refractivity (Wildman–Crippen MR) is 94.9 cm³/mol. The minimum absolute atomic E-state index is 0.126. The van der Waals surface area contributed by atoms with Crippen LogP contribution >= 0.6 is 23.1 Å². The molecule has 1 amide bonds. The van der Waals surface area contributed by atoms with Crippen LogP contribution in [0, 0.1) is 20.8 Å². The molecule has 3 aromatic rings. The molecule has 0 radical (unpaired) electrons. The largest absolute Gasteiger partial charge is 0.325 e. The second-order valence-electron chi connectivity index (χ2n) is 5.37. The lowest BCUT2D eigenvalue weighted by Gasteiger charge is -2.06. The molecule has 24 heavy (non-hydrogen) atoms. The Morgan fingerprint density at radius 2 is 1.92 bits per heavy atom.